The van der Waals surface area contributed by atoms with Crippen molar-refractivity contribution in [3.8, 4) is 16.2 Å². The summed E-state index contributed by atoms with van der Waals surface area (Å²) in [4.78, 5) is 15.9. The molecule has 1 saturated heterocycles. The van der Waals surface area contributed by atoms with Crippen LogP contribution in [-0.4, -0.2) is 43.3 Å². The van der Waals surface area contributed by atoms with Crippen molar-refractivity contribution in [2.24, 2.45) is 0 Å². The number of amides is 1. The van der Waals surface area contributed by atoms with Crippen molar-refractivity contribution in [2.45, 2.75) is 12.8 Å². The first kappa shape index (κ1) is 20.5. The Labute approximate surface area is 159 Å². The molecule has 2 heterocycles. The number of hydrogen-bond acceptors (Lipinski definition) is 4. The molecule has 1 N–H and O–H groups in total. The van der Waals surface area contributed by atoms with E-state index in [1.165, 1.54) is 23.5 Å². The van der Waals surface area contributed by atoms with E-state index in [0.29, 0.717) is 11.4 Å². The average molecular weight is 407 g/mol. The largest absolute Gasteiger partial charge is 0.573 e. The second-order valence-corrected chi connectivity index (χ2v) is 6.72. The zero-order chi connectivity index (χ0) is 17.9. The van der Waals surface area contributed by atoms with Gasteiger partial charge in [-0.2, -0.15) is 0 Å². The third-order valence-corrected chi connectivity index (χ3v) is 4.94. The van der Waals surface area contributed by atoms with Gasteiger partial charge in [-0.05, 0) is 54.9 Å². The molecule has 0 unspecified atom stereocenters. The maximum Gasteiger partial charge on any atom is 0.573 e. The van der Waals surface area contributed by atoms with Gasteiger partial charge in [-0.1, -0.05) is 0 Å². The molecule has 1 aliphatic rings. The first-order chi connectivity index (χ1) is 11.9. The van der Waals surface area contributed by atoms with E-state index < -0.39 is 6.36 Å². The van der Waals surface area contributed by atoms with Gasteiger partial charge >= 0.3 is 6.36 Å². The van der Waals surface area contributed by atoms with Crippen LogP contribution in [0.4, 0.5) is 13.2 Å². The lowest BCUT2D eigenvalue weighted by atomic mass is 10.2. The second-order valence-electron chi connectivity index (χ2n) is 5.63. The highest BCUT2D eigenvalue weighted by Gasteiger charge is 2.31. The van der Waals surface area contributed by atoms with E-state index in [9.17, 15) is 18.0 Å². The van der Waals surface area contributed by atoms with Gasteiger partial charge < -0.3 is 15.0 Å². The van der Waals surface area contributed by atoms with Crippen LogP contribution in [0.25, 0.3) is 10.4 Å². The Kier molecular flexibility index (Phi) is 6.91. The third kappa shape index (κ3) is 5.36. The second kappa shape index (κ2) is 8.75. The Morgan fingerprint density at radius 2 is 1.81 bits per heavy atom. The van der Waals surface area contributed by atoms with Crippen molar-refractivity contribution in [3.63, 3.8) is 0 Å². The van der Waals surface area contributed by atoms with Gasteiger partial charge in [0.2, 0.25) is 0 Å². The van der Waals surface area contributed by atoms with Crippen molar-refractivity contribution in [1.82, 2.24) is 10.2 Å². The van der Waals surface area contributed by atoms with E-state index in [0.717, 1.165) is 36.5 Å². The van der Waals surface area contributed by atoms with Crippen LogP contribution < -0.4 is 10.1 Å². The van der Waals surface area contributed by atoms with E-state index in [-0.39, 0.29) is 24.1 Å². The normalized spacial score (nSPS) is 15.1. The lowest BCUT2D eigenvalue weighted by Crippen LogP contribution is -2.33. The summed E-state index contributed by atoms with van der Waals surface area (Å²) in [5.74, 6) is -0.266. The Balaban J connectivity index is 0.00000243. The van der Waals surface area contributed by atoms with Gasteiger partial charge in [0.1, 0.15) is 5.75 Å². The van der Waals surface area contributed by atoms with E-state index in [1.807, 2.05) is 11.0 Å². The van der Waals surface area contributed by atoms with Crippen molar-refractivity contribution >= 4 is 29.7 Å². The van der Waals surface area contributed by atoms with Gasteiger partial charge in [0.25, 0.3) is 5.91 Å². The van der Waals surface area contributed by atoms with Gasteiger partial charge in [0.15, 0.2) is 0 Å². The fourth-order valence-corrected chi connectivity index (χ4v) is 3.61. The predicted molar refractivity (Wildman–Crippen MR) is 97.1 cm³/mol. The van der Waals surface area contributed by atoms with Crippen molar-refractivity contribution < 1.29 is 22.7 Å². The number of alkyl halides is 3. The van der Waals surface area contributed by atoms with Crippen LogP contribution in [0.5, 0.6) is 5.75 Å². The number of thiophene rings is 1. The Hall–Kier alpha value is -1.77. The molecular weight excluding hydrogens is 389 g/mol. The minimum atomic E-state index is -4.70. The lowest BCUT2D eigenvalue weighted by molar-refractivity contribution is -0.274. The maximum absolute atomic E-state index is 12.6. The summed E-state index contributed by atoms with van der Waals surface area (Å²) < 4.78 is 40.5. The molecule has 0 atom stereocenters. The summed E-state index contributed by atoms with van der Waals surface area (Å²) in [5.41, 5.74) is 0.746. The maximum atomic E-state index is 12.6. The van der Waals surface area contributed by atoms with E-state index >= 15 is 0 Å². The Bertz CT molecular complexity index is 726. The van der Waals surface area contributed by atoms with E-state index in [4.69, 9.17) is 0 Å². The van der Waals surface area contributed by atoms with Gasteiger partial charge in [0, 0.05) is 24.5 Å². The molecule has 1 aromatic heterocycles. The predicted octanol–water partition coefficient (Wildman–Crippen LogP) is 4.17. The molecule has 0 spiro atoms. The first-order valence-corrected chi connectivity index (χ1v) is 8.70. The molecular formula is C17H18ClF3N2O2S. The number of carbonyl (C=O) groups is 1. The molecule has 1 fully saturated rings. The molecule has 2 aromatic rings. The standard InChI is InChI=1S/C17H17F3N2O2S.ClH/c18-17(19,20)24-13-4-2-12(3-5-13)14-6-7-15(25-14)16(23)22-10-1-8-21-9-11-22;/h2-7,21H,1,8-11H2;1H. The molecule has 0 aliphatic carbocycles. The van der Waals surface area contributed by atoms with Gasteiger partial charge in [-0.3, -0.25) is 4.79 Å². The molecule has 0 radical (unpaired) electrons. The summed E-state index contributed by atoms with van der Waals surface area (Å²) >= 11 is 1.34. The number of hydrogen-bond donors (Lipinski definition) is 1. The number of halogens is 4. The topological polar surface area (TPSA) is 41.6 Å². The SMILES string of the molecule is Cl.O=C(c1ccc(-c2ccc(OC(F)(F)F)cc2)s1)N1CCCNCC1. The molecule has 0 bridgehead atoms. The zero-order valence-corrected chi connectivity index (χ0v) is 15.3. The lowest BCUT2D eigenvalue weighted by Gasteiger charge is -2.18. The average Bonchev–Trinajstić information content (AvgIpc) is 2.89. The van der Waals surface area contributed by atoms with Crippen LogP contribution in [0.2, 0.25) is 0 Å². The molecule has 1 aromatic carbocycles. The van der Waals surface area contributed by atoms with Crippen molar-refractivity contribution in [1.29, 1.82) is 0 Å². The number of ether oxygens (including phenoxy) is 1. The van der Waals surface area contributed by atoms with Crippen LogP contribution in [0.1, 0.15) is 16.1 Å². The summed E-state index contributed by atoms with van der Waals surface area (Å²) in [7, 11) is 0. The fraction of sp³-hybridized carbons (Fsp3) is 0.353. The van der Waals surface area contributed by atoms with Crippen LogP contribution >= 0.6 is 23.7 Å². The smallest absolute Gasteiger partial charge is 0.406 e. The monoisotopic (exact) mass is 406 g/mol. The Morgan fingerprint density at radius 3 is 2.50 bits per heavy atom. The van der Waals surface area contributed by atoms with Gasteiger partial charge in [-0.15, -0.1) is 36.9 Å². The molecule has 4 nitrogen and oxygen atoms in total. The number of rotatable bonds is 3. The highest BCUT2D eigenvalue weighted by Crippen LogP contribution is 2.31. The van der Waals surface area contributed by atoms with Crippen LogP contribution in [0.3, 0.4) is 0 Å². The third-order valence-electron chi connectivity index (χ3n) is 3.82. The minimum Gasteiger partial charge on any atom is -0.406 e. The molecule has 26 heavy (non-hydrogen) atoms. The Morgan fingerprint density at radius 1 is 1.08 bits per heavy atom. The fourth-order valence-electron chi connectivity index (χ4n) is 2.63. The molecule has 1 aliphatic heterocycles. The zero-order valence-electron chi connectivity index (χ0n) is 13.7. The quantitative estimate of drug-likeness (QED) is 0.831. The number of nitrogens with zero attached hydrogens (tertiary/aromatic N) is 1. The van der Waals surface area contributed by atoms with Gasteiger partial charge in [-0.25, -0.2) is 0 Å². The summed E-state index contributed by atoms with van der Waals surface area (Å²) in [6.07, 6.45) is -3.78. The highest BCUT2D eigenvalue weighted by molar-refractivity contribution is 7.17. The summed E-state index contributed by atoms with van der Waals surface area (Å²) in [6.45, 7) is 3.09. The first-order valence-electron chi connectivity index (χ1n) is 7.88. The van der Waals surface area contributed by atoms with Crippen molar-refractivity contribution in [2.75, 3.05) is 26.2 Å². The molecule has 1 amide bonds. The van der Waals surface area contributed by atoms with E-state index in [1.54, 1.807) is 18.2 Å². The number of nitrogens with one attached hydrogen (secondary N) is 1. The molecule has 9 heteroatoms. The van der Waals surface area contributed by atoms with Crippen LogP contribution in [0, 0.1) is 0 Å². The minimum absolute atomic E-state index is 0. The molecule has 3 rings (SSSR count). The number of carbonyl (C=O) groups excluding carboxylic acids is 1. The number of benzene rings is 1. The van der Waals surface area contributed by atoms with Gasteiger partial charge in [0.05, 0.1) is 4.88 Å². The molecule has 0 saturated carbocycles. The van der Waals surface area contributed by atoms with Crippen LogP contribution in [-0.2, 0) is 0 Å². The highest BCUT2D eigenvalue weighted by atomic mass is 35.5. The van der Waals surface area contributed by atoms with E-state index in [2.05, 4.69) is 10.1 Å². The van der Waals surface area contributed by atoms with Crippen LogP contribution in [0.15, 0.2) is 36.4 Å². The summed E-state index contributed by atoms with van der Waals surface area (Å²) in [5, 5.41) is 3.25. The van der Waals surface area contributed by atoms with Crippen molar-refractivity contribution in [3.05, 3.63) is 41.3 Å². The summed E-state index contributed by atoms with van der Waals surface area (Å²) in [6, 6.07) is 9.22. The molecule has 142 valence electrons.